The van der Waals surface area contributed by atoms with Gasteiger partial charge in [-0.1, -0.05) is 0 Å². The van der Waals surface area contributed by atoms with E-state index in [0.717, 1.165) is 6.42 Å². The molecule has 2 amide bonds. The molecule has 2 unspecified atom stereocenters. The molecule has 0 aromatic heterocycles. The van der Waals surface area contributed by atoms with Gasteiger partial charge in [0.1, 0.15) is 0 Å². The van der Waals surface area contributed by atoms with Crippen molar-refractivity contribution in [1.82, 2.24) is 5.32 Å². The van der Waals surface area contributed by atoms with E-state index in [0.29, 0.717) is 3.67 Å². The molecule has 4 aliphatic heterocycles. The molecule has 4 aliphatic rings. The molecular formula is C20H16InNO2S. The average Bonchev–Trinajstić information content (AvgIpc) is 3.19. The topological polar surface area (TPSA) is 46.2 Å². The Bertz CT molecular complexity index is 968. The van der Waals surface area contributed by atoms with Crippen LogP contribution in [0.25, 0.3) is 5.57 Å². The molecule has 2 aromatic carbocycles. The second-order valence-corrected chi connectivity index (χ2v) is 16.7. The van der Waals surface area contributed by atoms with Crippen molar-refractivity contribution in [1.29, 1.82) is 0 Å². The molecule has 0 spiro atoms. The predicted molar refractivity (Wildman–Crippen MR) is 102 cm³/mol. The third-order valence-corrected chi connectivity index (χ3v) is 18.5. The average molecular weight is 449 g/mol. The van der Waals surface area contributed by atoms with E-state index in [4.69, 9.17) is 0 Å². The van der Waals surface area contributed by atoms with Crippen LogP contribution in [0, 0.1) is 6.92 Å². The van der Waals surface area contributed by atoms with Gasteiger partial charge in [0.15, 0.2) is 0 Å². The molecule has 1 saturated heterocycles. The molecule has 3 nitrogen and oxygen atoms in total. The fourth-order valence-electron chi connectivity index (χ4n) is 4.60. The Morgan fingerprint density at radius 3 is 2.68 bits per heavy atom. The van der Waals surface area contributed by atoms with Gasteiger partial charge in [0.25, 0.3) is 0 Å². The molecule has 2 aromatic rings. The van der Waals surface area contributed by atoms with Gasteiger partial charge < -0.3 is 0 Å². The first-order valence-corrected chi connectivity index (χ1v) is 14.6. The van der Waals surface area contributed by atoms with Crippen LogP contribution in [0.3, 0.4) is 0 Å². The van der Waals surface area contributed by atoms with Crippen molar-refractivity contribution in [2.45, 2.75) is 22.3 Å². The SMILES string of the molecule is Cc1cccc(C[C]2=C3c4cccc[c]4[In]2[CH]3C2SC(=O)NC2=O)c1. The molecule has 122 valence electrons. The summed E-state index contributed by atoms with van der Waals surface area (Å²) in [5.41, 5.74) is 5.40. The van der Waals surface area contributed by atoms with Gasteiger partial charge in [0, 0.05) is 0 Å². The second-order valence-electron chi connectivity index (χ2n) is 7.01. The molecule has 0 saturated carbocycles. The van der Waals surface area contributed by atoms with Crippen LogP contribution >= 0.6 is 11.8 Å². The Morgan fingerprint density at radius 2 is 1.96 bits per heavy atom. The van der Waals surface area contributed by atoms with Crippen molar-refractivity contribution in [2.24, 2.45) is 0 Å². The van der Waals surface area contributed by atoms with Crippen LogP contribution in [0.5, 0.6) is 0 Å². The Hall–Kier alpha value is -1.46. The summed E-state index contributed by atoms with van der Waals surface area (Å²) in [5, 5.41) is 2.10. The number of aryl methyl sites for hydroxylation is 1. The first-order chi connectivity index (χ1) is 12.1. The zero-order valence-corrected chi connectivity index (χ0v) is 17.9. The zero-order valence-electron chi connectivity index (χ0n) is 13.8. The number of thioether (sulfide) groups is 1. The number of benzene rings is 2. The van der Waals surface area contributed by atoms with Crippen molar-refractivity contribution in [3.63, 3.8) is 0 Å². The van der Waals surface area contributed by atoms with Gasteiger partial charge in [-0.3, -0.25) is 0 Å². The summed E-state index contributed by atoms with van der Waals surface area (Å²) < 4.78 is 3.50. The van der Waals surface area contributed by atoms with Gasteiger partial charge >= 0.3 is 159 Å². The van der Waals surface area contributed by atoms with Gasteiger partial charge in [-0.2, -0.15) is 0 Å². The van der Waals surface area contributed by atoms with Crippen molar-refractivity contribution in [3.8, 4) is 0 Å². The van der Waals surface area contributed by atoms with Crippen LogP contribution in [-0.2, 0) is 11.2 Å². The van der Waals surface area contributed by atoms with Gasteiger partial charge in [-0.15, -0.1) is 0 Å². The third kappa shape index (κ3) is 2.36. The third-order valence-electron chi connectivity index (χ3n) is 5.52. The van der Waals surface area contributed by atoms with E-state index >= 15 is 0 Å². The molecule has 2 bridgehead atoms. The Balaban J connectivity index is 1.55. The van der Waals surface area contributed by atoms with Gasteiger partial charge in [0.05, 0.1) is 0 Å². The molecule has 1 N–H and O–H groups in total. The number of hydrogen-bond acceptors (Lipinski definition) is 3. The number of imide groups is 1. The zero-order chi connectivity index (χ0) is 17.1. The van der Waals surface area contributed by atoms with E-state index in [-0.39, 0.29) is 16.4 Å². The molecular weight excluding hydrogens is 433 g/mol. The summed E-state index contributed by atoms with van der Waals surface area (Å²) in [6.45, 7) is 2.13. The second kappa shape index (κ2) is 5.78. The van der Waals surface area contributed by atoms with Crippen LogP contribution in [0.4, 0.5) is 4.79 Å². The molecule has 0 aliphatic carbocycles. The molecule has 0 radical (unpaired) electrons. The molecule has 2 atom stereocenters. The van der Waals surface area contributed by atoms with Crippen LogP contribution in [0.2, 0.25) is 3.67 Å². The minimum atomic E-state index is -2.24. The fraction of sp³-hybridized carbons (Fsp3) is 0.200. The first-order valence-electron chi connectivity index (χ1n) is 8.53. The Morgan fingerprint density at radius 1 is 1.12 bits per heavy atom. The number of rotatable bonds is 3. The predicted octanol–water partition coefficient (Wildman–Crippen LogP) is 2.98. The minimum absolute atomic E-state index is 0.0818. The maximum atomic E-state index is 12.3. The summed E-state index contributed by atoms with van der Waals surface area (Å²) in [6, 6.07) is 17.4. The van der Waals surface area contributed by atoms with E-state index in [1.807, 2.05) is 0 Å². The summed E-state index contributed by atoms with van der Waals surface area (Å²) in [7, 11) is 0. The molecule has 25 heavy (non-hydrogen) atoms. The summed E-state index contributed by atoms with van der Waals surface area (Å²) >= 11 is -1.04. The van der Waals surface area contributed by atoms with E-state index in [1.54, 1.807) is 3.33 Å². The monoisotopic (exact) mass is 449 g/mol. The number of nitrogens with one attached hydrogen (secondary N) is 1. The summed E-state index contributed by atoms with van der Waals surface area (Å²) in [4.78, 5) is 23.9. The molecule has 5 heteroatoms. The van der Waals surface area contributed by atoms with Gasteiger partial charge in [-0.25, -0.2) is 0 Å². The summed E-state index contributed by atoms with van der Waals surface area (Å²) in [5.74, 6) is -0.0818. The number of amides is 2. The number of carbonyl (C=O) groups excluding carboxylic acids is 2. The van der Waals surface area contributed by atoms with Gasteiger partial charge in [0.2, 0.25) is 0 Å². The number of allylic oxidation sites excluding steroid dienone is 2. The number of hydrogen-bond donors (Lipinski definition) is 1. The molecule has 6 rings (SSSR count). The van der Waals surface area contributed by atoms with Crippen LogP contribution in [0.15, 0.2) is 51.9 Å². The first kappa shape index (κ1) is 15.8. The van der Waals surface area contributed by atoms with Crippen molar-refractivity contribution < 1.29 is 9.59 Å². The van der Waals surface area contributed by atoms with E-state index in [9.17, 15) is 9.59 Å². The van der Waals surface area contributed by atoms with Crippen LogP contribution < -0.4 is 8.64 Å². The van der Waals surface area contributed by atoms with Gasteiger partial charge in [-0.05, 0) is 0 Å². The normalized spacial score (nSPS) is 23.6. The van der Waals surface area contributed by atoms with E-state index < -0.39 is 21.4 Å². The van der Waals surface area contributed by atoms with Crippen LogP contribution in [-0.4, -0.2) is 37.8 Å². The maximum absolute atomic E-state index is 12.3. The quantitative estimate of drug-likeness (QED) is 0.784. The standard InChI is InChI=1S/C20H16NO2S.In/c1-14-6-5-7-15(12-14)10-11-17(16-8-3-2-4-9-16)13-18-19(22)21-20(23)24-18;/h2-8,12-13,18H,10H2,1H3,(H,21,22,23);. The summed E-state index contributed by atoms with van der Waals surface area (Å²) in [6.07, 6.45) is 1.01. The Kier molecular flexibility index (Phi) is 3.65. The van der Waals surface area contributed by atoms with E-state index in [2.05, 4.69) is 60.8 Å². The van der Waals surface area contributed by atoms with Crippen molar-refractivity contribution in [3.05, 3.63) is 68.6 Å². The Labute approximate surface area is 158 Å². The molecule has 1 fully saturated rings. The molecule has 4 heterocycles. The van der Waals surface area contributed by atoms with Crippen molar-refractivity contribution in [2.75, 3.05) is 0 Å². The fourth-order valence-corrected chi connectivity index (χ4v) is 19.2. The number of carbonyl (C=O) groups is 2. The van der Waals surface area contributed by atoms with Crippen LogP contribution in [0.1, 0.15) is 16.7 Å². The van der Waals surface area contributed by atoms with Crippen molar-refractivity contribution >= 4 is 53.2 Å². The van der Waals surface area contributed by atoms with E-state index in [1.165, 1.54) is 37.3 Å².